The fraction of sp³-hybridized carbons (Fsp3) is 0.571. The van der Waals surface area contributed by atoms with Crippen LogP contribution in [-0.4, -0.2) is 51.8 Å². The van der Waals surface area contributed by atoms with Crippen molar-refractivity contribution < 1.29 is 4.79 Å². The Morgan fingerprint density at radius 2 is 1.86 bits per heavy atom. The molecular weight excluding hydrogens is 354 g/mol. The minimum atomic E-state index is -0.164. The van der Waals surface area contributed by atoms with Gasteiger partial charge in [-0.3, -0.25) is 9.36 Å². The van der Waals surface area contributed by atoms with E-state index >= 15 is 0 Å². The molecule has 7 nitrogen and oxygen atoms in total. The molecule has 1 aromatic heterocycles. The molecule has 0 aliphatic carbocycles. The second-order valence-electron chi connectivity index (χ2n) is 7.94. The van der Waals surface area contributed by atoms with Crippen molar-refractivity contribution in [3.63, 3.8) is 0 Å². The van der Waals surface area contributed by atoms with Crippen molar-refractivity contribution in [1.82, 2.24) is 25.0 Å². The van der Waals surface area contributed by atoms with Crippen LogP contribution in [0.2, 0.25) is 0 Å². The van der Waals surface area contributed by atoms with E-state index in [1.54, 1.807) is 4.57 Å². The number of rotatable bonds is 4. The number of nitrogens with zero attached hydrogens (tertiary/aromatic N) is 3. The second-order valence-corrected chi connectivity index (χ2v) is 7.94. The third-order valence-corrected chi connectivity index (χ3v) is 6.07. The number of piperidine rings is 1. The normalized spacial score (nSPS) is 21.4. The molecule has 0 bridgehead atoms. The van der Waals surface area contributed by atoms with Crippen molar-refractivity contribution in [3.8, 4) is 0 Å². The molecule has 1 atom stereocenters. The molecule has 4 rings (SSSR count). The van der Waals surface area contributed by atoms with Gasteiger partial charge in [0.25, 0.3) is 0 Å². The monoisotopic (exact) mass is 383 g/mol. The highest BCUT2D eigenvalue weighted by Crippen LogP contribution is 2.28. The van der Waals surface area contributed by atoms with Gasteiger partial charge in [0.2, 0.25) is 5.91 Å². The summed E-state index contributed by atoms with van der Waals surface area (Å²) in [7, 11) is 0. The van der Waals surface area contributed by atoms with Crippen LogP contribution >= 0.6 is 0 Å². The average molecular weight is 383 g/mol. The third kappa shape index (κ3) is 4.19. The highest BCUT2D eigenvalue weighted by molar-refractivity contribution is 5.79. The molecule has 2 aliphatic heterocycles. The van der Waals surface area contributed by atoms with Gasteiger partial charge in [0.15, 0.2) is 0 Å². The van der Waals surface area contributed by atoms with E-state index in [1.807, 2.05) is 35.2 Å². The van der Waals surface area contributed by atoms with E-state index in [0.29, 0.717) is 12.5 Å². The number of aromatic amines is 1. The number of H-pyrrole nitrogens is 1. The fourth-order valence-electron chi connectivity index (χ4n) is 4.44. The molecule has 2 fully saturated rings. The van der Waals surface area contributed by atoms with E-state index in [2.05, 4.69) is 15.5 Å². The van der Waals surface area contributed by atoms with Gasteiger partial charge in [-0.15, -0.1) is 0 Å². The second kappa shape index (κ2) is 8.73. The zero-order chi connectivity index (χ0) is 19.3. The molecule has 3 heterocycles. The molecular formula is C21H29N5O2. The Kier molecular flexibility index (Phi) is 5.90. The molecule has 28 heavy (non-hydrogen) atoms. The summed E-state index contributed by atoms with van der Waals surface area (Å²) in [6.45, 7) is 3.98. The highest BCUT2D eigenvalue weighted by Gasteiger charge is 2.31. The van der Waals surface area contributed by atoms with Crippen molar-refractivity contribution in [1.29, 1.82) is 0 Å². The predicted octanol–water partition coefficient (Wildman–Crippen LogP) is 1.72. The largest absolute Gasteiger partial charge is 0.343 e. The lowest BCUT2D eigenvalue weighted by atomic mass is 9.93. The molecule has 0 saturated carbocycles. The summed E-state index contributed by atoms with van der Waals surface area (Å²) in [5.41, 5.74) is 0.921. The summed E-state index contributed by atoms with van der Waals surface area (Å²) in [5, 5.41) is 10.3. The first-order chi connectivity index (χ1) is 13.7. The Morgan fingerprint density at radius 3 is 2.64 bits per heavy atom. The van der Waals surface area contributed by atoms with Crippen LogP contribution in [0.4, 0.5) is 0 Å². The summed E-state index contributed by atoms with van der Waals surface area (Å²) in [6, 6.07) is 9.97. The lowest BCUT2D eigenvalue weighted by molar-refractivity contribution is -0.137. The van der Waals surface area contributed by atoms with Crippen molar-refractivity contribution in [3.05, 3.63) is 52.2 Å². The number of carbonyl (C=O) groups excluding carboxylic acids is 1. The Bertz CT molecular complexity index is 828. The van der Waals surface area contributed by atoms with Gasteiger partial charge >= 0.3 is 5.69 Å². The first kappa shape index (κ1) is 18.9. The van der Waals surface area contributed by atoms with E-state index in [0.717, 1.165) is 69.7 Å². The van der Waals surface area contributed by atoms with Crippen LogP contribution in [0.25, 0.3) is 0 Å². The molecule has 1 unspecified atom stereocenters. The molecule has 7 heteroatoms. The number of likely N-dealkylation sites (tertiary alicyclic amines) is 1. The lowest BCUT2D eigenvalue weighted by Crippen LogP contribution is -2.42. The maximum Gasteiger partial charge on any atom is 0.343 e. The minimum Gasteiger partial charge on any atom is -0.342 e. The molecule has 0 radical (unpaired) electrons. The zero-order valence-corrected chi connectivity index (χ0v) is 16.3. The van der Waals surface area contributed by atoms with E-state index in [9.17, 15) is 9.59 Å². The van der Waals surface area contributed by atoms with Crippen LogP contribution in [-0.2, 0) is 11.3 Å². The van der Waals surface area contributed by atoms with Gasteiger partial charge in [-0.1, -0.05) is 30.3 Å². The number of benzene rings is 1. The first-order valence-corrected chi connectivity index (χ1v) is 10.4. The molecule has 2 N–H and O–H groups in total. The van der Waals surface area contributed by atoms with Crippen molar-refractivity contribution in [2.24, 2.45) is 5.92 Å². The number of aromatic nitrogens is 3. The zero-order valence-electron chi connectivity index (χ0n) is 16.3. The quantitative estimate of drug-likeness (QED) is 0.842. The van der Waals surface area contributed by atoms with E-state index in [1.165, 1.54) is 0 Å². The van der Waals surface area contributed by atoms with Crippen LogP contribution in [0, 0.1) is 5.92 Å². The van der Waals surface area contributed by atoms with Crippen LogP contribution in [0.15, 0.2) is 35.1 Å². The SMILES string of the molecule is O=C(C1CCCNCC1)N1CCC(c2n[nH]c(=O)n2Cc2ccccc2)CC1. The van der Waals surface area contributed by atoms with Gasteiger partial charge < -0.3 is 10.2 Å². The molecule has 2 aliphatic rings. The molecule has 1 aromatic carbocycles. The number of carbonyl (C=O) groups is 1. The number of hydrogen-bond donors (Lipinski definition) is 2. The molecule has 0 spiro atoms. The van der Waals surface area contributed by atoms with E-state index in [4.69, 9.17) is 0 Å². The Balaban J connectivity index is 1.40. The molecule has 150 valence electrons. The van der Waals surface area contributed by atoms with Gasteiger partial charge in [0.05, 0.1) is 6.54 Å². The van der Waals surface area contributed by atoms with Crippen molar-refractivity contribution >= 4 is 5.91 Å². The maximum absolute atomic E-state index is 12.9. The Morgan fingerprint density at radius 1 is 1.07 bits per heavy atom. The summed E-state index contributed by atoms with van der Waals surface area (Å²) in [6.07, 6.45) is 4.72. The van der Waals surface area contributed by atoms with Crippen LogP contribution < -0.4 is 11.0 Å². The number of nitrogens with one attached hydrogen (secondary N) is 2. The number of amides is 1. The van der Waals surface area contributed by atoms with Crippen LogP contribution in [0.5, 0.6) is 0 Å². The van der Waals surface area contributed by atoms with E-state index in [-0.39, 0.29) is 17.5 Å². The predicted molar refractivity (Wildman–Crippen MR) is 107 cm³/mol. The minimum absolute atomic E-state index is 0.160. The fourth-order valence-corrected chi connectivity index (χ4v) is 4.44. The van der Waals surface area contributed by atoms with Crippen LogP contribution in [0.1, 0.15) is 49.4 Å². The number of hydrogen-bond acceptors (Lipinski definition) is 4. The maximum atomic E-state index is 12.9. The van der Waals surface area contributed by atoms with Gasteiger partial charge in [0, 0.05) is 24.9 Å². The topological polar surface area (TPSA) is 83.0 Å². The summed E-state index contributed by atoms with van der Waals surface area (Å²) < 4.78 is 1.74. The molecule has 2 aromatic rings. The standard InChI is InChI=1S/C21H29N5O2/c27-20(18-7-4-11-22-12-8-18)25-13-9-17(10-14-25)19-23-24-21(28)26(19)15-16-5-2-1-3-6-16/h1-3,5-6,17-18,22H,4,7-15H2,(H,24,28). The Labute approximate surface area is 165 Å². The van der Waals surface area contributed by atoms with Gasteiger partial charge in [0.1, 0.15) is 5.82 Å². The third-order valence-electron chi connectivity index (χ3n) is 6.07. The van der Waals surface area contributed by atoms with Gasteiger partial charge in [-0.05, 0) is 50.8 Å². The van der Waals surface area contributed by atoms with Gasteiger partial charge in [-0.2, -0.15) is 5.10 Å². The van der Waals surface area contributed by atoms with Crippen molar-refractivity contribution in [2.45, 2.75) is 44.6 Å². The van der Waals surface area contributed by atoms with Crippen LogP contribution in [0.3, 0.4) is 0 Å². The van der Waals surface area contributed by atoms with Gasteiger partial charge in [-0.25, -0.2) is 9.89 Å². The summed E-state index contributed by atoms with van der Waals surface area (Å²) in [4.78, 5) is 27.2. The molecule has 1 amide bonds. The summed E-state index contributed by atoms with van der Waals surface area (Å²) >= 11 is 0. The summed E-state index contributed by atoms with van der Waals surface area (Å²) in [5.74, 6) is 1.50. The lowest BCUT2D eigenvalue weighted by Gasteiger charge is -2.33. The Hall–Kier alpha value is -2.41. The van der Waals surface area contributed by atoms with Crippen molar-refractivity contribution in [2.75, 3.05) is 26.2 Å². The average Bonchev–Trinajstić information content (AvgIpc) is 2.94. The molecule has 2 saturated heterocycles. The van der Waals surface area contributed by atoms with E-state index < -0.39 is 0 Å². The first-order valence-electron chi connectivity index (χ1n) is 10.4. The highest BCUT2D eigenvalue weighted by atomic mass is 16.2. The smallest absolute Gasteiger partial charge is 0.342 e.